The minimum absolute atomic E-state index is 0.0516. The number of carbonyl (C=O) groups is 1. The van der Waals surface area contributed by atoms with E-state index in [1.807, 2.05) is 30.3 Å². The Labute approximate surface area is 95.7 Å². The number of hydrogen-bond acceptors (Lipinski definition) is 2. The van der Waals surface area contributed by atoms with E-state index >= 15 is 0 Å². The van der Waals surface area contributed by atoms with E-state index in [-0.39, 0.29) is 12.5 Å². The van der Waals surface area contributed by atoms with Crippen LogP contribution >= 0.6 is 0 Å². The average Bonchev–Trinajstić information content (AvgIpc) is 2.30. The van der Waals surface area contributed by atoms with Crippen molar-refractivity contribution in [3.8, 4) is 11.8 Å². The van der Waals surface area contributed by atoms with Gasteiger partial charge in [-0.2, -0.15) is 0 Å². The molecule has 1 aromatic rings. The summed E-state index contributed by atoms with van der Waals surface area (Å²) in [5, 5.41) is 8.89. The molecular weight excluding hydrogens is 202 g/mol. The zero-order valence-electron chi connectivity index (χ0n) is 9.31. The summed E-state index contributed by atoms with van der Waals surface area (Å²) in [7, 11) is 0. The molecule has 1 amide bonds. The van der Waals surface area contributed by atoms with Crippen LogP contribution in [0.5, 0.6) is 0 Å². The van der Waals surface area contributed by atoms with Gasteiger partial charge in [-0.25, -0.2) is 0 Å². The van der Waals surface area contributed by atoms with Gasteiger partial charge in [-0.05, 0) is 18.4 Å². The molecule has 0 aliphatic rings. The molecule has 84 valence electrons. The number of rotatable bonds is 4. The zero-order valence-corrected chi connectivity index (χ0v) is 9.31. The van der Waals surface area contributed by atoms with Gasteiger partial charge in [0, 0.05) is 13.1 Å². The van der Waals surface area contributed by atoms with E-state index in [4.69, 9.17) is 5.11 Å². The molecule has 0 fully saturated rings. The molecule has 0 radical (unpaired) electrons. The SMILES string of the molecule is CC#CC(=O)N(CCO)Cc1ccccc1. The Morgan fingerprint density at radius 1 is 1.38 bits per heavy atom. The first-order valence-electron chi connectivity index (χ1n) is 5.14. The maximum atomic E-state index is 11.6. The van der Waals surface area contributed by atoms with Crippen LogP contribution in [0, 0.1) is 11.8 Å². The number of amides is 1. The van der Waals surface area contributed by atoms with Crippen LogP contribution in [-0.4, -0.2) is 29.1 Å². The standard InChI is InChI=1S/C13H15NO2/c1-2-6-13(16)14(9-10-15)11-12-7-4-3-5-8-12/h3-5,7-8,15H,9-11H2,1H3. The van der Waals surface area contributed by atoms with Crippen molar-refractivity contribution in [3.63, 3.8) is 0 Å². The van der Waals surface area contributed by atoms with Gasteiger partial charge in [-0.1, -0.05) is 36.3 Å². The number of nitrogens with zero attached hydrogens (tertiary/aromatic N) is 1. The lowest BCUT2D eigenvalue weighted by Gasteiger charge is -2.18. The average molecular weight is 217 g/mol. The summed E-state index contributed by atoms with van der Waals surface area (Å²) in [6.45, 7) is 2.36. The molecule has 3 heteroatoms. The van der Waals surface area contributed by atoms with Crippen LogP contribution in [0.3, 0.4) is 0 Å². The lowest BCUT2D eigenvalue weighted by molar-refractivity contribution is -0.126. The molecule has 3 nitrogen and oxygen atoms in total. The number of carbonyl (C=O) groups excluding carboxylic acids is 1. The van der Waals surface area contributed by atoms with Crippen LogP contribution in [0.15, 0.2) is 30.3 Å². The van der Waals surface area contributed by atoms with Gasteiger partial charge in [0.25, 0.3) is 5.91 Å². The summed E-state index contributed by atoms with van der Waals surface area (Å²) < 4.78 is 0. The van der Waals surface area contributed by atoms with E-state index < -0.39 is 0 Å². The summed E-state index contributed by atoms with van der Waals surface area (Å²) in [5.74, 6) is 4.80. The predicted molar refractivity (Wildman–Crippen MR) is 62.4 cm³/mol. The van der Waals surface area contributed by atoms with E-state index in [1.54, 1.807) is 6.92 Å². The Morgan fingerprint density at radius 3 is 2.62 bits per heavy atom. The summed E-state index contributed by atoms with van der Waals surface area (Å²) in [6, 6.07) is 9.65. The third kappa shape index (κ3) is 3.76. The highest BCUT2D eigenvalue weighted by Gasteiger charge is 2.10. The molecule has 0 aliphatic heterocycles. The van der Waals surface area contributed by atoms with Gasteiger partial charge in [0.1, 0.15) is 0 Å². The van der Waals surface area contributed by atoms with Crippen molar-refractivity contribution in [1.82, 2.24) is 4.90 Å². The van der Waals surface area contributed by atoms with E-state index in [9.17, 15) is 4.79 Å². The highest BCUT2D eigenvalue weighted by molar-refractivity contribution is 5.93. The lowest BCUT2D eigenvalue weighted by atomic mass is 10.2. The first-order chi connectivity index (χ1) is 7.77. The quantitative estimate of drug-likeness (QED) is 0.765. The molecule has 0 saturated carbocycles. The first-order valence-corrected chi connectivity index (χ1v) is 5.14. The Hall–Kier alpha value is -1.79. The van der Waals surface area contributed by atoms with Crippen molar-refractivity contribution in [1.29, 1.82) is 0 Å². The highest BCUT2D eigenvalue weighted by Crippen LogP contribution is 2.04. The zero-order chi connectivity index (χ0) is 11.8. The Morgan fingerprint density at radius 2 is 2.06 bits per heavy atom. The van der Waals surface area contributed by atoms with Crippen LogP contribution in [-0.2, 0) is 11.3 Å². The lowest BCUT2D eigenvalue weighted by Crippen LogP contribution is -2.31. The van der Waals surface area contributed by atoms with Gasteiger partial charge in [0.2, 0.25) is 0 Å². The molecule has 1 rings (SSSR count). The Kier molecular flexibility index (Phi) is 5.10. The topological polar surface area (TPSA) is 40.5 Å². The maximum absolute atomic E-state index is 11.6. The second-order valence-corrected chi connectivity index (χ2v) is 3.31. The largest absolute Gasteiger partial charge is 0.395 e. The van der Waals surface area contributed by atoms with Crippen molar-refractivity contribution in [3.05, 3.63) is 35.9 Å². The van der Waals surface area contributed by atoms with Gasteiger partial charge >= 0.3 is 0 Å². The van der Waals surface area contributed by atoms with Crippen molar-refractivity contribution >= 4 is 5.91 Å². The van der Waals surface area contributed by atoms with E-state index in [0.717, 1.165) is 5.56 Å². The number of hydrogen-bond donors (Lipinski definition) is 1. The normalized spacial score (nSPS) is 9.12. The number of benzene rings is 1. The first kappa shape index (κ1) is 12.3. The third-order valence-corrected chi connectivity index (χ3v) is 2.11. The van der Waals surface area contributed by atoms with Crippen molar-refractivity contribution < 1.29 is 9.90 Å². The molecule has 0 unspecified atom stereocenters. The van der Waals surface area contributed by atoms with Crippen LogP contribution in [0.1, 0.15) is 12.5 Å². The van der Waals surface area contributed by atoms with Gasteiger partial charge in [0.15, 0.2) is 0 Å². The molecule has 0 bridgehead atoms. The fourth-order valence-electron chi connectivity index (χ4n) is 1.36. The van der Waals surface area contributed by atoms with Crippen LogP contribution < -0.4 is 0 Å². The molecule has 0 aliphatic carbocycles. The maximum Gasteiger partial charge on any atom is 0.298 e. The predicted octanol–water partition coefficient (Wildman–Crippen LogP) is 1.03. The molecule has 16 heavy (non-hydrogen) atoms. The Bertz CT molecular complexity index is 389. The fraction of sp³-hybridized carbons (Fsp3) is 0.308. The van der Waals surface area contributed by atoms with Crippen molar-refractivity contribution in [2.45, 2.75) is 13.5 Å². The molecule has 1 aromatic carbocycles. The van der Waals surface area contributed by atoms with Crippen LogP contribution in [0.4, 0.5) is 0 Å². The van der Waals surface area contributed by atoms with Gasteiger partial charge < -0.3 is 10.0 Å². The second kappa shape index (κ2) is 6.65. The fourth-order valence-corrected chi connectivity index (χ4v) is 1.36. The van der Waals surface area contributed by atoms with Gasteiger partial charge in [0.05, 0.1) is 6.61 Å². The van der Waals surface area contributed by atoms with E-state index in [0.29, 0.717) is 13.1 Å². The third-order valence-electron chi connectivity index (χ3n) is 2.11. The smallest absolute Gasteiger partial charge is 0.298 e. The Balaban J connectivity index is 2.70. The minimum Gasteiger partial charge on any atom is -0.395 e. The minimum atomic E-state index is -0.250. The van der Waals surface area contributed by atoms with E-state index in [2.05, 4.69) is 11.8 Å². The highest BCUT2D eigenvalue weighted by atomic mass is 16.3. The second-order valence-electron chi connectivity index (χ2n) is 3.31. The molecule has 0 saturated heterocycles. The molecule has 0 aromatic heterocycles. The summed E-state index contributed by atoms with van der Waals surface area (Å²) in [6.07, 6.45) is 0. The molecule has 1 N–H and O–H groups in total. The summed E-state index contributed by atoms with van der Waals surface area (Å²) >= 11 is 0. The molecular formula is C13H15NO2. The summed E-state index contributed by atoms with van der Waals surface area (Å²) in [4.78, 5) is 13.1. The number of aliphatic hydroxyl groups excluding tert-OH is 1. The molecule has 0 spiro atoms. The van der Waals surface area contributed by atoms with Crippen LogP contribution in [0.25, 0.3) is 0 Å². The molecule has 0 atom stereocenters. The van der Waals surface area contributed by atoms with Gasteiger partial charge in [-0.15, -0.1) is 0 Å². The van der Waals surface area contributed by atoms with Crippen molar-refractivity contribution in [2.24, 2.45) is 0 Å². The van der Waals surface area contributed by atoms with Gasteiger partial charge in [-0.3, -0.25) is 4.79 Å². The monoisotopic (exact) mass is 217 g/mol. The van der Waals surface area contributed by atoms with E-state index in [1.165, 1.54) is 4.90 Å². The summed E-state index contributed by atoms with van der Waals surface area (Å²) in [5.41, 5.74) is 1.03. The molecule has 0 heterocycles. The van der Waals surface area contributed by atoms with Crippen molar-refractivity contribution in [2.75, 3.05) is 13.2 Å². The number of aliphatic hydroxyl groups is 1. The van der Waals surface area contributed by atoms with Crippen LogP contribution in [0.2, 0.25) is 0 Å².